The SMILES string of the molecule is O=C1OC(CO)(CO)C(c2ccc(Br)cc2)=C1c1cccc(Cl)c1Cl. The summed E-state index contributed by atoms with van der Waals surface area (Å²) in [7, 11) is 0. The molecule has 2 aromatic carbocycles. The van der Waals surface area contributed by atoms with Gasteiger partial charge in [-0.3, -0.25) is 0 Å². The van der Waals surface area contributed by atoms with Gasteiger partial charge in [0.15, 0.2) is 5.60 Å². The molecule has 1 aliphatic rings. The van der Waals surface area contributed by atoms with Crippen molar-refractivity contribution in [2.24, 2.45) is 0 Å². The van der Waals surface area contributed by atoms with Crippen LogP contribution in [0.15, 0.2) is 46.9 Å². The largest absolute Gasteiger partial charge is 0.446 e. The first kappa shape index (κ1) is 18.4. The number of carbonyl (C=O) groups is 1. The fraction of sp³-hybridized carbons (Fsp3) is 0.167. The van der Waals surface area contributed by atoms with Gasteiger partial charge in [0.25, 0.3) is 0 Å². The number of hydrogen-bond donors (Lipinski definition) is 2. The van der Waals surface area contributed by atoms with Crippen LogP contribution in [0, 0.1) is 0 Å². The fourth-order valence-corrected chi connectivity index (χ4v) is 3.51. The molecule has 0 unspecified atom stereocenters. The molecule has 0 amide bonds. The average molecular weight is 444 g/mol. The van der Waals surface area contributed by atoms with Crippen LogP contribution in [0.1, 0.15) is 11.1 Å². The van der Waals surface area contributed by atoms with Crippen LogP contribution in [-0.2, 0) is 9.53 Å². The van der Waals surface area contributed by atoms with Gasteiger partial charge < -0.3 is 14.9 Å². The summed E-state index contributed by atoms with van der Waals surface area (Å²) in [5.74, 6) is -0.676. The lowest BCUT2D eigenvalue weighted by molar-refractivity contribution is -0.150. The zero-order valence-electron chi connectivity index (χ0n) is 12.8. The number of rotatable bonds is 4. The summed E-state index contributed by atoms with van der Waals surface area (Å²) >= 11 is 15.7. The van der Waals surface area contributed by atoms with Crippen molar-refractivity contribution in [3.63, 3.8) is 0 Å². The number of ether oxygens (including phenoxy) is 1. The minimum absolute atomic E-state index is 0.179. The van der Waals surface area contributed by atoms with Crippen molar-refractivity contribution < 1.29 is 19.7 Å². The number of esters is 1. The molecule has 0 fully saturated rings. The van der Waals surface area contributed by atoms with E-state index in [0.717, 1.165) is 4.47 Å². The summed E-state index contributed by atoms with van der Waals surface area (Å²) in [4.78, 5) is 12.6. The van der Waals surface area contributed by atoms with E-state index in [4.69, 9.17) is 27.9 Å². The maximum Gasteiger partial charge on any atom is 0.340 e. The van der Waals surface area contributed by atoms with Crippen molar-refractivity contribution >= 4 is 56.2 Å². The van der Waals surface area contributed by atoms with E-state index in [1.165, 1.54) is 0 Å². The van der Waals surface area contributed by atoms with Crippen LogP contribution in [0.5, 0.6) is 0 Å². The van der Waals surface area contributed by atoms with E-state index in [9.17, 15) is 15.0 Å². The molecule has 0 saturated heterocycles. The Bertz CT molecular complexity index is 858. The highest BCUT2D eigenvalue weighted by Gasteiger charge is 2.48. The minimum Gasteiger partial charge on any atom is -0.446 e. The molecule has 25 heavy (non-hydrogen) atoms. The van der Waals surface area contributed by atoms with E-state index in [2.05, 4.69) is 15.9 Å². The maximum absolute atomic E-state index is 12.6. The summed E-state index contributed by atoms with van der Waals surface area (Å²) < 4.78 is 6.23. The maximum atomic E-state index is 12.6. The van der Waals surface area contributed by atoms with E-state index in [1.807, 2.05) is 0 Å². The van der Waals surface area contributed by atoms with Crippen molar-refractivity contribution in [2.75, 3.05) is 13.2 Å². The molecule has 0 bridgehead atoms. The van der Waals surface area contributed by atoms with Crippen molar-refractivity contribution in [1.29, 1.82) is 0 Å². The van der Waals surface area contributed by atoms with Gasteiger partial charge in [-0.15, -0.1) is 0 Å². The summed E-state index contributed by atoms with van der Waals surface area (Å²) in [6.45, 7) is -1.13. The zero-order valence-corrected chi connectivity index (χ0v) is 15.9. The molecule has 0 aliphatic carbocycles. The minimum atomic E-state index is -1.55. The lowest BCUT2D eigenvalue weighted by Crippen LogP contribution is -2.39. The molecule has 4 nitrogen and oxygen atoms in total. The van der Waals surface area contributed by atoms with Crippen LogP contribution in [-0.4, -0.2) is 35.0 Å². The van der Waals surface area contributed by atoms with Crippen LogP contribution < -0.4 is 0 Å². The Labute approximate surface area is 162 Å². The second-order valence-corrected chi connectivity index (χ2v) is 7.26. The third-order valence-corrected chi connectivity index (χ3v) is 5.41. The standard InChI is InChI=1S/C18H13BrCl2O4/c19-11-6-4-10(5-7-11)15-14(12-2-1-3-13(20)16(12)21)17(24)25-18(15,8-22)9-23/h1-7,22-23H,8-9H2. The molecule has 3 rings (SSSR count). The van der Waals surface area contributed by atoms with Gasteiger partial charge in [-0.25, -0.2) is 4.79 Å². The Morgan fingerprint density at radius 1 is 1.04 bits per heavy atom. The molecule has 0 radical (unpaired) electrons. The first-order valence-corrected chi connectivity index (χ1v) is 8.88. The zero-order chi connectivity index (χ0) is 18.2. The molecule has 2 aromatic rings. The molecule has 7 heteroatoms. The Morgan fingerprint density at radius 2 is 1.68 bits per heavy atom. The third kappa shape index (κ3) is 3.11. The number of carbonyl (C=O) groups excluding carboxylic acids is 1. The fourth-order valence-electron chi connectivity index (χ4n) is 2.85. The highest BCUT2D eigenvalue weighted by atomic mass is 79.9. The van der Waals surface area contributed by atoms with Crippen LogP contribution >= 0.6 is 39.1 Å². The quantitative estimate of drug-likeness (QED) is 0.702. The predicted molar refractivity (Wildman–Crippen MR) is 100 cm³/mol. The number of benzene rings is 2. The molecular formula is C18H13BrCl2O4. The van der Waals surface area contributed by atoms with E-state index in [0.29, 0.717) is 21.7 Å². The van der Waals surface area contributed by atoms with Gasteiger partial charge in [0.05, 0.1) is 28.8 Å². The number of cyclic esters (lactones) is 1. The van der Waals surface area contributed by atoms with Crippen molar-refractivity contribution in [2.45, 2.75) is 5.60 Å². The molecule has 1 heterocycles. The van der Waals surface area contributed by atoms with Crippen LogP contribution in [0.25, 0.3) is 11.1 Å². The summed E-state index contributed by atoms with van der Waals surface area (Å²) in [6.07, 6.45) is 0. The smallest absolute Gasteiger partial charge is 0.340 e. The molecule has 130 valence electrons. The monoisotopic (exact) mass is 442 g/mol. The highest BCUT2D eigenvalue weighted by Crippen LogP contribution is 2.46. The molecule has 0 spiro atoms. The number of halogens is 3. The molecule has 0 saturated carbocycles. The first-order chi connectivity index (χ1) is 11.9. The lowest BCUT2D eigenvalue weighted by Gasteiger charge is -2.27. The van der Waals surface area contributed by atoms with Gasteiger partial charge in [-0.2, -0.15) is 0 Å². The number of aliphatic hydroxyl groups is 2. The second kappa shape index (κ2) is 7.09. The van der Waals surface area contributed by atoms with Gasteiger partial charge in [0, 0.05) is 15.6 Å². The summed E-state index contributed by atoms with van der Waals surface area (Å²) in [5, 5.41) is 20.2. The van der Waals surface area contributed by atoms with Gasteiger partial charge in [0.2, 0.25) is 0 Å². The Hall–Kier alpha value is -1.37. The van der Waals surface area contributed by atoms with Gasteiger partial charge in [0.1, 0.15) is 0 Å². The Morgan fingerprint density at radius 3 is 2.28 bits per heavy atom. The average Bonchev–Trinajstić information content (AvgIpc) is 2.91. The molecule has 2 N–H and O–H groups in total. The third-order valence-electron chi connectivity index (χ3n) is 4.06. The Kier molecular flexibility index (Phi) is 5.23. The van der Waals surface area contributed by atoms with Gasteiger partial charge >= 0.3 is 5.97 Å². The first-order valence-electron chi connectivity index (χ1n) is 7.33. The van der Waals surface area contributed by atoms with Crippen molar-refractivity contribution in [3.8, 4) is 0 Å². The highest BCUT2D eigenvalue weighted by molar-refractivity contribution is 9.10. The molecular weight excluding hydrogens is 431 g/mol. The van der Waals surface area contributed by atoms with Crippen molar-refractivity contribution in [3.05, 3.63) is 68.1 Å². The van der Waals surface area contributed by atoms with Crippen LogP contribution in [0.2, 0.25) is 10.0 Å². The summed E-state index contributed by atoms with van der Waals surface area (Å²) in [5.41, 5.74) is 0.0208. The topological polar surface area (TPSA) is 66.8 Å². The van der Waals surface area contributed by atoms with Gasteiger partial charge in [-0.1, -0.05) is 63.4 Å². The van der Waals surface area contributed by atoms with Crippen LogP contribution in [0.3, 0.4) is 0 Å². The molecule has 0 aromatic heterocycles. The summed E-state index contributed by atoms with van der Waals surface area (Å²) in [6, 6.07) is 12.0. The van der Waals surface area contributed by atoms with E-state index >= 15 is 0 Å². The lowest BCUT2D eigenvalue weighted by atomic mass is 9.85. The van der Waals surface area contributed by atoms with E-state index < -0.39 is 24.8 Å². The van der Waals surface area contributed by atoms with E-state index in [1.54, 1.807) is 42.5 Å². The molecule has 0 atom stereocenters. The number of hydrogen-bond acceptors (Lipinski definition) is 4. The predicted octanol–water partition coefficient (Wildman–Crippen LogP) is 3.95. The van der Waals surface area contributed by atoms with Crippen molar-refractivity contribution in [1.82, 2.24) is 0 Å². The van der Waals surface area contributed by atoms with E-state index in [-0.39, 0.29) is 10.6 Å². The normalized spacial score (nSPS) is 16.3. The van der Waals surface area contributed by atoms with Crippen LogP contribution in [0.4, 0.5) is 0 Å². The Balaban J connectivity index is 2.35. The van der Waals surface area contributed by atoms with Gasteiger partial charge in [-0.05, 0) is 23.8 Å². The second-order valence-electron chi connectivity index (χ2n) is 5.56. The number of aliphatic hydroxyl groups excluding tert-OH is 2. The molecule has 1 aliphatic heterocycles.